The number of hydrogen-bond donors (Lipinski definition) is 3. The van der Waals surface area contributed by atoms with E-state index in [4.69, 9.17) is 0 Å². The largest absolute Gasteiger partial charge is 0.392 e. The number of β-amino-alcohol motifs (C(OH)–C–C–N with tert-alkyl or cyclic N) is 1. The van der Waals surface area contributed by atoms with Crippen LogP contribution < -0.4 is 10.6 Å². The molecule has 1 aromatic carbocycles. The van der Waals surface area contributed by atoms with E-state index < -0.39 is 6.10 Å². The summed E-state index contributed by atoms with van der Waals surface area (Å²) < 4.78 is 0. The predicted molar refractivity (Wildman–Crippen MR) is 67.0 cm³/mol. The molecule has 1 amide bonds. The van der Waals surface area contributed by atoms with Gasteiger partial charge in [0.1, 0.15) is 0 Å². The minimum Gasteiger partial charge on any atom is -0.392 e. The highest BCUT2D eigenvalue weighted by Gasteiger charge is 2.28. The number of hydrogen-bond acceptors (Lipinski definition) is 3. The lowest BCUT2D eigenvalue weighted by atomic mass is 10.1. The average molecular weight is 234 g/mol. The Hall–Kier alpha value is -1.39. The van der Waals surface area contributed by atoms with Gasteiger partial charge in [-0.15, -0.1) is 0 Å². The Morgan fingerprint density at radius 3 is 2.88 bits per heavy atom. The van der Waals surface area contributed by atoms with Crippen LogP contribution in [0.5, 0.6) is 0 Å². The second-order valence-corrected chi connectivity index (χ2v) is 4.59. The van der Waals surface area contributed by atoms with E-state index >= 15 is 0 Å². The summed E-state index contributed by atoms with van der Waals surface area (Å²) in [5.74, 6) is -0.0738. The highest BCUT2D eigenvalue weighted by Crippen LogP contribution is 2.19. The molecular weight excluding hydrogens is 216 g/mol. The van der Waals surface area contributed by atoms with Gasteiger partial charge in [-0.2, -0.15) is 0 Å². The van der Waals surface area contributed by atoms with Crippen molar-refractivity contribution in [1.29, 1.82) is 0 Å². The molecule has 2 unspecified atom stereocenters. The number of nitrogens with one attached hydrogen (secondary N) is 2. The minimum atomic E-state index is -0.413. The monoisotopic (exact) mass is 234 g/mol. The Labute approximate surface area is 101 Å². The van der Waals surface area contributed by atoms with Crippen LogP contribution in [0, 0.1) is 13.8 Å². The molecule has 1 aliphatic rings. The third-order valence-corrected chi connectivity index (χ3v) is 3.29. The molecule has 0 spiro atoms. The van der Waals surface area contributed by atoms with Crippen molar-refractivity contribution >= 4 is 11.6 Å². The fourth-order valence-corrected chi connectivity index (χ4v) is 2.02. The number of anilines is 1. The number of aryl methyl sites for hydroxylation is 1. The molecule has 0 aromatic heterocycles. The van der Waals surface area contributed by atoms with E-state index in [1.54, 1.807) is 0 Å². The average Bonchev–Trinajstić information content (AvgIpc) is 2.72. The predicted octanol–water partition coefficient (Wildman–Crippen LogP) is 0.965. The number of carbonyl (C=O) groups excluding carboxylic acids is 1. The first-order chi connectivity index (χ1) is 8.08. The lowest BCUT2D eigenvalue weighted by molar-refractivity contribution is -0.117. The Morgan fingerprint density at radius 2 is 2.24 bits per heavy atom. The summed E-state index contributed by atoms with van der Waals surface area (Å²) in [6, 6.07) is 5.55. The topological polar surface area (TPSA) is 61.4 Å². The van der Waals surface area contributed by atoms with Gasteiger partial charge in [0.2, 0.25) is 5.91 Å². The fourth-order valence-electron chi connectivity index (χ4n) is 2.02. The molecule has 0 saturated carbocycles. The van der Waals surface area contributed by atoms with Crippen LogP contribution in [0.25, 0.3) is 0 Å². The van der Waals surface area contributed by atoms with Crippen LogP contribution >= 0.6 is 0 Å². The van der Waals surface area contributed by atoms with Crippen molar-refractivity contribution in [2.75, 3.05) is 11.9 Å². The summed E-state index contributed by atoms with van der Waals surface area (Å²) in [6.07, 6.45) is 0.0702. The smallest absolute Gasteiger partial charge is 0.241 e. The number of aliphatic hydroxyl groups excluding tert-OH is 1. The quantitative estimate of drug-likeness (QED) is 0.714. The maximum atomic E-state index is 11.9. The highest BCUT2D eigenvalue weighted by atomic mass is 16.3. The standard InChI is InChI=1S/C13H18N2O2/c1-8-4-3-5-11(9(8)2)15-13(17)12-6-10(16)7-14-12/h3-5,10,12,14,16H,6-7H2,1-2H3,(H,15,17). The molecule has 0 radical (unpaired) electrons. The van der Waals surface area contributed by atoms with Gasteiger partial charge in [-0.1, -0.05) is 12.1 Å². The zero-order chi connectivity index (χ0) is 12.4. The van der Waals surface area contributed by atoms with Crippen LogP contribution in [0.3, 0.4) is 0 Å². The molecule has 1 aromatic rings. The van der Waals surface area contributed by atoms with Gasteiger partial charge >= 0.3 is 0 Å². The van der Waals surface area contributed by atoms with E-state index in [1.807, 2.05) is 32.0 Å². The lowest BCUT2D eigenvalue weighted by Gasteiger charge is -2.13. The van der Waals surface area contributed by atoms with Gasteiger partial charge in [-0.05, 0) is 37.5 Å². The SMILES string of the molecule is Cc1cccc(NC(=O)C2CC(O)CN2)c1C. The molecule has 1 aliphatic heterocycles. The molecule has 0 bridgehead atoms. The molecule has 92 valence electrons. The van der Waals surface area contributed by atoms with Gasteiger partial charge in [0, 0.05) is 12.2 Å². The number of rotatable bonds is 2. The third-order valence-electron chi connectivity index (χ3n) is 3.29. The Bertz CT molecular complexity index is 431. The van der Waals surface area contributed by atoms with Gasteiger partial charge in [-0.3, -0.25) is 4.79 Å². The van der Waals surface area contributed by atoms with Crippen LogP contribution in [0.4, 0.5) is 5.69 Å². The molecule has 4 nitrogen and oxygen atoms in total. The van der Waals surface area contributed by atoms with Crippen LogP contribution in [-0.4, -0.2) is 29.7 Å². The first-order valence-corrected chi connectivity index (χ1v) is 5.86. The maximum Gasteiger partial charge on any atom is 0.241 e. The molecule has 17 heavy (non-hydrogen) atoms. The van der Waals surface area contributed by atoms with Crippen LogP contribution in [0.2, 0.25) is 0 Å². The number of amides is 1. The second kappa shape index (κ2) is 4.85. The van der Waals surface area contributed by atoms with Crippen molar-refractivity contribution in [2.24, 2.45) is 0 Å². The van der Waals surface area contributed by atoms with E-state index in [2.05, 4.69) is 10.6 Å². The molecule has 3 N–H and O–H groups in total. The Kier molecular flexibility index (Phi) is 3.45. The van der Waals surface area contributed by atoms with Crippen LogP contribution in [0.1, 0.15) is 17.5 Å². The summed E-state index contributed by atoms with van der Waals surface area (Å²) in [7, 11) is 0. The van der Waals surface area contributed by atoms with Crippen molar-refractivity contribution in [3.05, 3.63) is 29.3 Å². The molecule has 1 saturated heterocycles. The number of carbonyl (C=O) groups is 1. The van der Waals surface area contributed by atoms with Gasteiger partial charge in [0.15, 0.2) is 0 Å². The van der Waals surface area contributed by atoms with Crippen molar-refractivity contribution in [3.63, 3.8) is 0 Å². The molecular formula is C13H18N2O2. The molecule has 1 fully saturated rings. The van der Waals surface area contributed by atoms with E-state index in [9.17, 15) is 9.90 Å². The highest BCUT2D eigenvalue weighted by molar-refractivity contribution is 5.95. The molecule has 1 heterocycles. The fraction of sp³-hybridized carbons (Fsp3) is 0.462. The normalized spacial score (nSPS) is 23.7. The molecule has 0 aliphatic carbocycles. The zero-order valence-electron chi connectivity index (χ0n) is 10.2. The van der Waals surface area contributed by atoms with Crippen molar-refractivity contribution in [3.8, 4) is 0 Å². The van der Waals surface area contributed by atoms with Crippen LogP contribution in [0.15, 0.2) is 18.2 Å². The molecule has 2 atom stereocenters. The lowest BCUT2D eigenvalue weighted by Crippen LogP contribution is -2.35. The van der Waals surface area contributed by atoms with Gasteiger partial charge in [0.05, 0.1) is 12.1 Å². The summed E-state index contributed by atoms with van der Waals surface area (Å²) >= 11 is 0. The Balaban J connectivity index is 2.06. The van der Waals surface area contributed by atoms with E-state index in [1.165, 1.54) is 0 Å². The zero-order valence-corrected chi connectivity index (χ0v) is 10.2. The molecule has 4 heteroatoms. The molecule has 2 rings (SSSR count). The van der Waals surface area contributed by atoms with E-state index in [0.717, 1.165) is 16.8 Å². The van der Waals surface area contributed by atoms with Gasteiger partial charge in [-0.25, -0.2) is 0 Å². The van der Waals surface area contributed by atoms with Crippen molar-refractivity contribution in [1.82, 2.24) is 5.32 Å². The summed E-state index contributed by atoms with van der Waals surface area (Å²) in [4.78, 5) is 11.9. The first kappa shape index (κ1) is 12.1. The minimum absolute atomic E-state index is 0.0738. The Morgan fingerprint density at radius 1 is 1.47 bits per heavy atom. The van der Waals surface area contributed by atoms with E-state index in [-0.39, 0.29) is 11.9 Å². The third kappa shape index (κ3) is 2.65. The van der Waals surface area contributed by atoms with Crippen molar-refractivity contribution in [2.45, 2.75) is 32.4 Å². The maximum absolute atomic E-state index is 11.9. The number of aliphatic hydroxyl groups is 1. The van der Waals surface area contributed by atoms with Crippen molar-refractivity contribution < 1.29 is 9.90 Å². The second-order valence-electron chi connectivity index (χ2n) is 4.59. The van der Waals surface area contributed by atoms with E-state index in [0.29, 0.717) is 13.0 Å². The van der Waals surface area contributed by atoms with Crippen LogP contribution in [-0.2, 0) is 4.79 Å². The summed E-state index contributed by atoms with van der Waals surface area (Å²) in [5, 5.41) is 15.3. The summed E-state index contributed by atoms with van der Waals surface area (Å²) in [5.41, 5.74) is 3.08. The van der Waals surface area contributed by atoms with Gasteiger partial charge in [0.25, 0.3) is 0 Å². The number of benzene rings is 1. The van der Waals surface area contributed by atoms with Gasteiger partial charge < -0.3 is 15.7 Å². The summed E-state index contributed by atoms with van der Waals surface area (Å²) in [6.45, 7) is 4.50. The first-order valence-electron chi connectivity index (χ1n) is 5.86.